The molecule has 3 rings (SSSR count). The number of anilines is 1. The zero-order chi connectivity index (χ0) is 14.8. The highest BCUT2D eigenvalue weighted by atomic mass is 79.9. The van der Waals surface area contributed by atoms with Crippen LogP contribution in [0.5, 0.6) is 5.75 Å². The molecule has 108 valence electrons. The normalized spacial score (nSPS) is 14.6. The number of rotatable bonds is 4. The number of hydrogen-bond donors (Lipinski definition) is 1. The van der Waals surface area contributed by atoms with E-state index in [1.807, 2.05) is 24.3 Å². The van der Waals surface area contributed by atoms with Gasteiger partial charge in [0.05, 0.1) is 23.1 Å². The number of hydrogen-bond acceptors (Lipinski definition) is 4. The fourth-order valence-corrected chi connectivity index (χ4v) is 2.52. The summed E-state index contributed by atoms with van der Waals surface area (Å²) < 4.78 is 6.86. The minimum Gasteiger partial charge on any atom is -0.486 e. The predicted molar refractivity (Wildman–Crippen MR) is 83.5 cm³/mol. The van der Waals surface area contributed by atoms with E-state index >= 15 is 0 Å². The van der Waals surface area contributed by atoms with Crippen molar-refractivity contribution in [3.8, 4) is 5.75 Å². The third kappa shape index (κ3) is 3.00. The average Bonchev–Trinajstić information content (AvgIpc) is 2.44. The van der Waals surface area contributed by atoms with Crippen LogP contribution < -0.4 is 15.4 Å². The number of ether oxygens (including phenoxy) is 1. The minimum atomic E-state index is -0.465. The first-order valence-corrected chi connectivity index (χ1v) is 7.35. The SMILES string of the molecule is NC(=O)c1ccc(N2CC(Oc3ccccc3Br)C2)nc1. The van der Waals surface area contributed by atoms with Crippen LogP contribution in [0.1, 0.15) is 10.4 Å². The van der Waals surface area contributed by atoms with E-state index < -0.39 is 5.91 Å². The number of aromatic nitrogens is 1. The Labute approximate surface area is 130 Å². The molecule has 1 aromatic heterocycles. The molecule has 0 aliphatic carbocycles. The number of primary amides is 1. The molecule has 5 nitrogen and oxygen atoms in total. The summed E-state index contributed by atoms with van der Waals surface area (Å²) in [6.07, 6.45) is 1.64. The summed E-state index contributed by atoms with van der Waals surface area (Å²) >= 11 is 3.46. The van der Waals surface area contributed by atoms with E-state index in [0.29, 0.717) is 5.56 Å². The first kappa shape index (κ1) is 13.9. The van der Waals surface area contributed by atoms with Crippen molar-refractivity contribution in [1.29, 1.82) is 0 Å². The minimum absolute atomic E-state index is 0.140. The molecular weight excluding hydrogens is 334 g/mol. The summed E-state index contributed by atoms with van der Waals surface area (Å²) in [5, 5.41) is 0. The Kier molecular flexibility index (Phi) is 3.79. The number of nitrogens with zero attached hydrogens (tertiary/aromatic N) is 2. The molecule has 2 heterocycles. The van der Waals surface area contributed by atoms with Crippen molar-refractivity contribution in [2.75, 3.05) is 18.0 Å². The largest absolute Gasteiger partial charge is 0.486 e. The summed E-state index contributed by atoms with van der Waals surface area (Å²) in [5.41, 5.74) is 5.61. The highest BCUT2D eigenvalue weighted by Gasteiger charge is 2.29. The smallest absolute Gasteiger partial charge is 0.250 e. The van der Waals surface area contributed by atoms with Gasteiger partial charge in [0.1, 0.15) is 17.7 Å². The second-order valence-corrected chi connectivity index (χ2v) is 5.70. The number of amides is 1. The molecule has 0 saturated carbocycles. The van der Waals surface area contributed by atoms with E-state index in [0.717, 1.165) is 29.1 Å². The van der Waals surface area contributed by atoms with Gasteiger partial charge in [-0.15, -0.1) is 0 Å². The van der Waals surface area contributed by atoms with Crippen molar-refractivity contribution in [2.24, 2.45) is 5.73 Å². The maximum atomic E-state index is 11.0. The van der Waals surface area contributed by atoms with Crippen molar-refractivity contribution in [2.45, 2.75) is 6.10 Å². The molecule has 0 bridgehead atoms. The van der Waals surface area contributed by atoms with Gasteiger partial charge >= 0.3 is 0 Å². The first-order chi connectivity index (χ1) is 10.1. The van der Waals surface area contributed by atoms with Crippen molar-refractivity contribution < 1.29 is 9.53 Å². The van der Waals surface area contributed by atoms with Gasteiger partial charge in [-0.05, 0) is 40.2 Å². The van der Waals surface area contributed by atoms with E-state index in [1.54, 1.807) is 12.1 Å². The van der Waals surface area contributed by atoms with Crippen molar-refractivity contribution in [3.05, 3.63) is 52.6 Å². The Hall–Kier alpha value is -2.08. The van der Waals surface area contributed by atoms with Gasteiger partial charge in [0.15, 0.2) is 0 Å². The second-order valence-electron chi connectivity index (χ2n) is 4.84. The van der Waals surface area contributed by atoms with Gasteiger partial charge in [0.25, 0.3) is 0 Å². The molecule has 2 aromatic rings. The standard InChI is InChI=1S/C15H14BrN3O2/c16-12-3-1-2-4-13(12)21-11-8-19(9-11)14-6-5-10(7-18-14)15(17)20/h1-7,11H,8-9H2,(H2,17,20). The van der Waals surface area contributed by atoms with Gasteiger partial charge in [-0.2, -0.15) is 0 Å². The first-order valence-electron chi connectivity index (χ1n) is 6.55. The summed E-state index contributed by atoms with van der Waals surface area (Å²) in [5.74, 6) is 1.21. The molecule has 1 saturated heterocycles. The van der Waals surface area contributed by atoms with Crippen LogP contribution in [0.3, 0.4) is 0 Å². The maximum Gasteiger partial charge on any atom is 0.250 e. The maximum absolute atomic E-state index is 11.0. The van der Waals surface area contributed by atoms with Crippen LogP contribution in [0.15, 0.2) is 47.1 Å². The van der Waals surface area contributed by atoms with Crippen LogP contribution in [-0.2, 0) is 0 Å². The van der Waals surface area contributed by atoms with Crippen LogP contribution in [0, 0.1) is 0 Å². The Balaban J connectivity index is 1.58. The Morgan fingerprint density at radius 2 is 2.05 bits per heavy atom. The van der Waals surface area contributed by atoms with Crippen LogP contribution in [0.25, 0.3) is 0 Å². The molecule has 1 aliphatic heterocycles. The molecule has 1 fully saturated rings. The Morgan fingerprint density at radius 3 is 2.67 bits per heavy atom. The van der Waals surface area contributed by atoms with Gasteiger partial charge in [0.2, 0.25) is 5.91 Å². The van der Waals surface area contributed by atoms with Crippen LogP contribution in [-0.4, -0.2) is 30.1 Å². The fraction of sp³-hybridized carbons (Fsp3) is 0.200. The van der Waals surface area contributed by atoms with Crippen molar-refractivity contribution in [3.63, 3.8) is 0 Å². The lowest BCUT2D eigenvalue weighted by Crippen LogP contribution is -2.54. The Morgan fingerprint density at radius 1 is 1.29 bits per heavy atom. The molecule has 0 atom stereocenters. The summed E-state index contributed by atoms with van der Waals surface area (Å²) in [4.78, 5) is 17.3. The fourth-order valence-electron chi connectivity index (χ4n) is 2.14. The number of pyridine rings is 1. The highest BCUT2D eigenvalue weighted by molar-refractivity contribution is 9.10. The molecule has 0 spiro atoms. The molecule has 21 heavy (non-hydrogen) atoms. The molecular formula is C15H14BrN3O2. The third-order valence-electron chi connectivity index (χ3n) is 3.33. The number of carbonyl (C=O) groups is 1. The van der Waals surface area contributed by atoms with Crippen molar-refractivity contribution in [1.82, 2.24) is 4.98 Å². The Bertz CT molecular complexity index is 654. The third-order valence-corrected chi connectivity index (χ3v) is 3.99. The molecule has 2 N–H and O–H groups in total. The average molecular weight is 348 g/mol. The predicted octanol–water partition coefficient (Wildman–Crippen LogP) is 2.21. The monoisotopic (exact) mass is 347 g/mol. The van der Waals surface area contributed by atoms with E-state index in [1.165, 1.54) is 6.20 Å². The molecule has 6 heteroatoms. The van der Waals surface area contributed by atoms with Crippen LogP contribution in [0.4, 0.5) is 5.82 Å². The van der Waals surface area contributed by atoms with E-state index in [2.05, 4.69) is 25.8 Å². The van der Waals surface area contributed by atoms with Gasteiger partial charge in [0, 0.05) is 6.20 Å². The van der Waals surface area contributed by atoms with Crippen molar-refractivity contribution >= 4 is 27.7 Å². The summed E-state index contributed by atoms with van der Waals surface area (Å²) in [7, 11) is 0. The second kappa shape index (κ2) is 5.73. The number of halogens is 1. The summed E-state index contributed by atoms with van der Waals surface area (Å²) in [6, 6.07) is 11.3. The zero-order valence-corrected chi connectivity index (χ0v) is 12.8. The highest BCUT2D eigenvalue weighted by Crippen LogP contribution is 2.28. The lowest BCUT2D eigenvalue weighted by molar-refractivity contribution is 0.1000. The van der Waals surface area contributed by atoms with Crippen LogP contribution >= 0.6 is 15.9 Å². The quantitative estimate of drug-likeness (QED) is 0.920. The molecule has 1 aliphatic rings. The summed E-state index contributed by atoms with van der Waals surface area (Å²) in [6.45, 7) is 1.54. The van der Waals surface area contributed by atoms with Crippen LogP contribution in [0.2, 0.25) is 0 Å². The van der Waals surface area contributed by atoms with E-state index in [9.17, 15) is 4.79 Å². The molecule has 1 aromatic carbocycles. The van der Waals surface area contributed by atoms with E-state index in [-0.39, 0.29) is 6.10 Å². The van der Waals surface area contributed by atoms with Gasteiger partial charge in [-0.1, -0.05) is 12.1 Å². The number of benzene rings is 1. The zero-order valence-electron chi connectivity index (χ0n) is 11.2. The van der Waals surface area contributed by atoms with Gasteiger partial charge in [-0.3, -0.25) is 4.79 Å². The lowest BCUT2D eigenvalue weighted by Gasteiger charge is -2.39. The number of para-hydroxylation sites is 1. The number of nitrogens with two attached hydrogens (primary N) is 1. The molecule has 1 amide bonds. The molecule has 0 radical (unpaired) electrons. The number of carbonyl (C=O) groups excluding carboxylic acids is 1. The van der Waals surface area contributed by atoms with E-state index in [4.69, 9.17) is 10.5 Å². The van der Waals surface area contributed by atoms with Gasteiger partial charge < -0.3 is 15.4 Å². The van der Waals surface area contributed by atoms with Gasteiger partial charge in [-0.25, -0.2) is 4.98 Å². The topological polar surface area (TPSA) is 68.5 Å². The lowest BCUT2D eigenvalue weighted by atomic mass is 10.1. The molecule has 0 unspecified atom stereocenters.